The van der Waals surface area contributed by atoms with E-state index in [9.17, 15) is 0 Å². The SMILES string of the molecule is Brc1ccc2cnc(-c3ccccc3)n2c1. The predicted octanol–water partition coefficient (Wildman–Crippen LogP) is 3.76. The van der Waals surface area contributed by atoms with Crippen LogP contribution in [-0.2, 0) is 0 Å². The van der Waals surface area contributed by atoms with E-state index >= 15 is 0 Å². The summed E-state index contributed by atoms with van der Waals surface area (Å²) in [6.07, 6.45) is 3.92. The first-order valence-corrected chi connectivity index (χ1v) is 5.82. The highest BCUT2D eigenvalue weighted by Crippen LogP contribution is 2.21. The molecule has 2 heterocycles. The Morgan fingerprint density at radius 1 is 1.00 bits per heavy atom. The van der Waals surface area contributed by atoms with Crippen LogP contribution < -0.4 is 0 Å². The molecule has 0 aliphatic heterocycles. The molecule has 0 atom stereocenters. The van der Waals surface area contributed by atoms with Gasteiger partial charge < -0.3 is 0 Å². The van der Waals surface area contributed by atoms with Gasteiger partial charge in [0.2, 0.25) is 0 Å². The zero-order chi connectivity index (χ0) is 11.0. The summed E-state index contributed by atoms with van der Waals surface area (Å²) in [4.78, 5) is 4.45. The highest BCUT2D eigenvalue weighted by Gasteiger charge is 2.05. The number of halogens is 1. The van der Waals surface area contributed by atoms with Crippen molar-refractivity contribution in [1.82, 2.24) is 9.38 Å². The lowest BCUT2D eigenvalue weighted by Gasteiger charge is -2.01. The quantitative estimate of drug-likeness (QED) is 0.659. The molecule has 16 heavy (non-hydrogen) atoms. The Hall–Kier alpha value is -1.61. The van der Waals surface area contributed by atoms with Crippen molar-refractivity contribution in [3.05, 3.63) is 59.3 Å². The number of hydrogen-bond donors (Lipinski definition) is 0. The molecule has 2 nitrogen and oxygen atoms in total. The van der Waals surface area contributed by atoms with Crippen LogP contribution in [0.1, 0.15) is 0 Å². The van der Waals surface area contributed by atoms with E-state index < -0.39 is 0 Å². The van der Waals surface area contributed by atoms with E-state index in [1.807, 2.05) is 42.7 Å². The normalized spacial score (nSPS) is 10.8. The summed E-state index contributed by atoms with van der Waals surface area (Å²) in [5.74, 6) is 0.969. The monoisotopic (exact) mass is 272 g/mol. The summed E-state index contributed by atoms with van der Waals surface area (Å²) < 4.78 is 3.13. The maximum atomic E-state index is 4.45. The molecule has 0 N–H and O–H groups in total. The van der Waals surface area contributed by atoms with Gasteiger partial charge in [0.15, 0.2) is 0 Å². The fourth-order valence-corrected chi connectivity index (χ4v) is 2.10. The van der Waals surface area contributed by atoms with Crippen LogP contribution in [0.5, 0.6) is 0 Å². The van der Waals surface area contributed by atoms with Crippen molar-refractivity contribution in [2.75, 3.05) is 0 Å². The number of rotatable bonds is 1. The van der Waals surface area contributed by atoms with Crippen LogP contribution in [0.25, 0.3) is 16.9 Å². The number of imidazole rings is 1. The molecule has 1 aromatic carbocycles. The number of aromatic nitrogens is 2. The van der Waals surface area contributed by atoms with E-state index in [2.05, 4.69) is 37.4 Å². The van der Waals surface area contributed by atoms with Gasteiger partial charge >= 0.3 is 0 Å². The Morgan fingerprint density at radius 2 is 1.81 bits per heavy atom. The van der Waals surface area contributed by atoms with Crippen LogP contribution in [0, 0.1) is 0 Å². The van der Waals surface area contributed by atoms with Crippen molar-refractivity contribution < 1.29 is 0 Å². The molecule has 0 unspecified atom stereocenters. The van der Waals surface area contributed by atoms with Gasteiger partial charge in [0.1, 0.15) is 5.82 Å². The second-order valence-corrected chi connectivity index (χ2v) is 4.51. The minimum Gasteiger partial charge on any atom is -0.299 e. The molecule has 3 aromatic rings. The first kappa shape index (κ1) is 9.60. The Bertz CT molecular complexity index is 629. The number of fused-ring (bicyclic) bond motifs is 1. The summed E-state index contributed by atoms with van der Waals surface area (Å²) in [5.41, 5.74) is 2.22. The third-order valence-electron chi connectivity index (χ3n) is 2.52. The molecule has 78 valence electrons. The second kappa shape index (κ2) is 3.76. The van der Waals surface area contributed by atoms with Gasteiger partial charge in [-0.05, 0) is 28.1 Å². The number of nitrogens with zero attached hydrogens (tertiary/aromatic N) is 2. The molecule has 0 aliphatic carbocycles. The van der Waals surface area contributed by atoms with E-state index in [0.717, 1.165) is 21.4 Å². The molecular weight excluding hydrogens is 264 g/mol. The molecule has 0 aliphatic rings. The zero-order valence-corrected chi connectivity index (χ0v) is 10.1. The lowest BCUT2D eigenvalue weighted by molar-refractivity contribution is 1.15. The maximum Gasteiger partial charge on any atom is 0.144 e. The lowest BCUT2D eigenvalue weighted by Crippen LogP contribution is -1.88. The van der Waals surface area contributed by atoms with Gasteiger partial charge in [-0.3, -0.25) is 4.40 Å². The van der Waals surface area contributed by atoms with Crippen molar-refractivity contribution in [2.24, 2.45) is 0 Å². The van der Waals surface area contributed by atoms with Gasteiger partial charge in [-0.1, -0.05) is 30.3 Å². The molecule has 0 fully saturated rings. The third-order valence-corrected chi connectivity index (χ3v) is 2.99. The second-order valence-electron chi connectivity index (χ2n) is 3.59. The molecule has 0 radical (unpaired) electrons. The van der Waals surface area contributed by atoms with Crippen LogP contribution in [0.15, 0.2) is 59.3 Å². The predicted molar refractivity (Wildman–Crippen MR) is 68.3 cm³/mol. The van der Waals surface area contributed by atoms with E-state index in [0.29, 0.717) is 0 Å². The summed E-state index contributed by atoms with van der Waals surface area (Å²) in [6.45, 7) is 0. The summed E-state index contributed by atoms with van der Waals surface area (Å²) in [5, 5.41) is 0. The van der Waals surface area contributed by atoms with E-state index in [-0.39, 0.29) is 0 Å². The average molecular weight is 273 g/mol. The van der Waals surface area contributed by atoms with Crippen LogP contribution in [0.2, 0.25) is 0 Å². The van der Waals surface area contributed by atoms with Gasteiger partial charge in [0.25, 0.3) is 0 Å². The minimum absolute atomic E-state index is 0.969. The Balaban J connectivity index is 2.29. The highest BCUT2D eigenvalue weighted by molar-refractivity contribution is 9.10. The van der Waals surface area contributed by atoms with Crippen LogP contribution in [0.3, 0.4) is 0 Å². The number of pyridine rings is 1. The fourth-order valence-electron chi connectivity index (χ4n) is 1.77. The van der Waals surface area contributed by atoms with Crippen molar-refractivity contribution in [1.29, 1.82) is 0 Å². The Morgan fingerprint density at radius 3 is 2.62 bits per heavy atom. The highest BCUT2D eigenvalue weighted by atomic mass is 79.9. The standard InChI is InChI=1S/C13H9BrN2/c14-11-6-7-12-8-15-13(16(12)9-11)10-4-2-1-3-5-10/h1-9H. The lowest BCUT2D eigenvalue weighted by atomic mass is 10.2. The molecule has 0 saturated heterocycles. The van der Waals surface area contributed by atoms with Gasteiger partial charge in [-0.2, -0.15) is 0 Å². The molecule has 2 aromatic heterocycles. The molecule has 0 spiro atoms. The first-order chi connectivity index (χ1) is 7.84. The van der Waals surface area contributed by atoms with Gasteiger partial charge in [-0.15, -0.1) is 0 Å². The Kier molecular flexibility index (Phi) is 2.26. The minimum atomic E-state index is 0.969. The molecule has 3 rings (SSSR count). The molecule has 3 heteroatoms. The van der Waals surface area contributed by atoms with E-state index in [1.54, 1.807) is 0 Å². The third kappa shape index (κ3) is 1.53. The van der Waals surface area contributed by atoms with E-state index in [1.165, 1.54) is 0 Å². The molecule has 0 amide bonds. The van der Waals surface area contributed by atoms with Crippen LogP contribution >= 0.6 is 15.9 Å². The van der Waals surface area contributed by atoms with Gasteiger partial charge in [-0.25, -0.2) is 4.98 Å². The summed E-state index contributed by atoms with van der Waals surface area (Å²) in [7, 11) is 0. The first-order valence-electron chi connectivity index (χ1n) is 5.02. The van der Waals surface area contributed by atoms with Gasteiger partial charge in [0, 0.05) is 16.2 Å². The van der Waals surface area contributed by atoms with Crippen molar-refractivity contribution in [2.45, 2.75) is 0 Å². The fraction of sp³-hybridized carbons (Fsp3) is 0. The molecule has 0 saturated carbocycles. The number of hydrogen-bond acceptors (Lipinski definition) is 1. The summed E-state index contributed by atoms with van der Waals surface area (Å²) in [6, 6.07) is 14.2. The topological polar surface area (TPSA) is 17.3 Å². The van der Waals surface area contributed by atoms with Crippen molar-refractivity contribution in [3.63, 3.8) is 0 Å². The molecule has 0 bridgehead atoms. The average Bonchev–Trinajstić information content (AvgIpc) is 2.73. The smallest absolute Gasteiger partial charge is 0.144 e. The number of benzene rings is 1. The van der Waals surface area contributed by atoms with Crippen molar-refractivity contribution >= 4 is 21.4 Å². The summed E-state index contributed by atoms with van der Waals surface area (Å²) >= 11 is 3.48. The van der Waals surface area contributed by atoms with Crippen LogP contribution in [0.4, 0.5) is 0 Å². The zero-order valence-electron chi connectivity index (χ0n) is 8.47. The maximum absolute atomic E-state index is 4.45. The van der Waals surface area contributed by atoms with Crippen LogP contribution in [-0.4, -0.2) is 9.38 Å². The molecular formula is C13H9BrN2. The largest absolute Gasteiger partial charge is 0.299 e. The van der Waals surface area contributed by atoms with E-state index in [4.69, 9.17) is 0 Å². The van der Waals surface area contributed by atoms with Crippen molar-refractivity contribution in [3.8, 4) is 11.4 Å². The Labute approximate surface area is 102 Å². The van der Waals surface area contributed by atoms with Gasteiger partial charge in [0.05, 0.1) is 11.7 Å².